The van der Waals surface area contributed by atoms with Crippen molar-refractivity contribution in [2.24, 2.45) is 5.73 Å². The van der Waals surface area contributed by atoms with Gasteiger partial charge in [0.2, 0.25) is 11.8 Å². The monoisotopic (exact) mass is 544 g/mol. The zero-order valence-corrected chi connectivity index (χ0v) is 22.9. The van der Waals surface area contributed by atoms with Crippen molar-refractivity contribution in [1.82, 2.24) is 20.2 Å². The third-order valence-electron chi connectivity index (χ3n) is 7.22. The Kier molecular flexibility index (Phi) is 7.86. The SMILES string of the molecule is CC(C)NC[C@@H](C(=O)N1CCN(c2c(-c3cccc(C(N)=O)c3)cnc3[nH]ccc23)CC1)c1ccc(Cl)cc1. The van der Waals surface area contributed by atoms with Crippen molar-refractivity contribution in [3.8, 4) is 11.1 Å². The Balaban J connectivity index is 1.40. The molecule has 2 aromatic carbocycles. The second-order valence-corrected chi connectivity index (χ2v) is 10.6. The molecule has 5 rings (SSSR count). The van der Waals surface area contributed by atoms with Gasteiger partial charge in [0.25, 0.3) is 0 Å². The first kappa shape index (κ1) is 26.7. The maximum absolute atomic E-state index is 13.8. The molecule has 4 aromatic rings. The number of anilines is 1. The van der Waals surface area contributed by atoms with Crippen LogP contribution in [0, 0.1) is 0 Å². The number of hydrogen-bond acceptors (Lipinski definition) is 5. The predicted molar refractivity (Wildman–Crippen MR) is 156 cm³/mol. The first-order valence-corrected chi connectivity index (χ1v) is 13.6. The number of pyridine rings is 1. The number of fused-ring (bicyclic) bond motifs is 1. The molecule has 0 radical (unpaired) electrons. The predicted octanol–water partition coefficient (Wildman–Crippen LogP) is 4.41. The molecular formula is C30H33ClN6O2. The smallest absolute Gasteiger partial charge is 0.248 e. The van der Waals surface area contributed by atoms with Crippen LogP contribution in [0.25, 0.3) is 22.2 Å². The number of amides is 2. The third-order valence-corrected chi connectivity index (χ3v) is 7.48. The van der Waals surface area contributed by atoms with E-state index in [1.165, 1.54) is 0 Å². The minimum Gasteiger partial charge on any atom is -0.367 e. The van der Waals surface area contributed by atoms with Crippen LogP contribution >= 0.6 is 11.6 Å². The topological polar surface area (TPSA) is 107 Å². The van der Waals surface area contributed by atoms with Gasteiger partial charge in [-0.05, 0) is 41.5 Å². The summed E-state index contributed by atoms with van der Waals surface area (Å²) in [7, 11) is 0. The molecule has 202 valence electrons. The molecule has 1 saturated heterocycles. The summed E-state index contributed by atoms with van der Waals surface area (Å²) in [5.74, 6) is -0.648. The maximum atomic E-state index is 13.8. The summed E-state index contributed by atoms with van der Waals surface area (Å²) in [6, 6.07) is 17.2. The molecule has 1 fully saturated rings. The summed E-state index contributed by atoms with van der Waals surface area (Å²) in [6.07, 6.45) is 3.71. The molecule has 1 aliphatic heterocycles. The van der Waals surface area contributed by atoms with Gasteiger partial charge in [-0.15, -0.1) is 0 Å². The lowest BCUT2D eigenvalue weighted by Crippen LogP contribution is -2.51. The number of aromatic amines is 1. The van der Waals surface area contributed by atoms with Crippen molar-refractivity contribution < 1.29 is 9.59 Å². The number of primary amides is 1. The Hall–Kier alpha value is -3.88. The van der Waals surface area contributed by atoms with E-state index < -0.39 is 5.91 Å². The summed E-state index contributed by atoms with van der Waals surface area (Å²) in [5, 5.41) is 5.09. The van der Waals surface area contributed by atoms with Crippen molar-refractivity contribution in [3.05, 3.63) is 83.1 Å². The van der Waals surface area contributed by atoms with Gasteiger partial charge in [-0.3, -0.25) is 9.59 Å². The number of carbonyl (C=O) groups is 2. The number of nitrogens with zero attached hydrogens (tertiary/aromatic N) is 3. The number of carbonyl (C=O) groups excluding carboxylic acids is 2. The highest BCUT2D eigenvalue weighted by molar-refractivity contribution is 6.30. The van der Waals surface area contributed by atoms with E-state index in [2.05, 4.69) is 34.0 Å². The Morgan fingerprint density at radius 2 is 1.82 bits per heavy atom. The van der Waals surface area contributed by atoms with Crippen LogP contribution in [0.3, 0.4) is 0 Å². The van der Waals surface area contributed by atoms with Gasteiger partial charge >= 0.3 is 0 Å². The second-order valence-electron chi connectivity index (χ2n) is 10.2. The molecule has 0 spiro atoms. The second kappa shape index (κ2) is 11.5. The molecule has 1 atom stereocenters. The zero-order chi connectivity index (χ0) is 27.5. The highest BCUT2D eigenvalue weighted by Gasteiger charge is 2.30. The maximum Gasteiger partial charge on any atom is 0.248 e. The van der Waals surface area contributed by atoms with Crippen LogP contribution in [0.2, 0.25) is 5.02 Å². The third kappa shape index (κ3) is 5.77. The summed E-state index contributed by atoms with van der Waals surface area (Å²) in [4.78, 5) is 37.7. The lowest BCUT2D eigenvalue weighted by molar-refractivity contribution is -0.133. The van der Waals surface area contributed by atoms with Crippen LogP contribution in [-0.4, -0.2) is 65.4 Å². The fraction of sp³-hybridized carbons (Fsp3) is 0.300. The summed E-state index contributed by atoms with van der Waals surface area (Å²) in [5.41, 5.74) is 10.6. The van der Waals surface area contributed by atoms with Crippen LogP contribution in [0.15, 0.2) is 67.0 Å². The highest BCUT2D eigenvalue weighted by Crippen LogP contribution is 2.37. The van der Waals surface area contributed by atoms with Crippen molar-refractivity contribution in [3.63, 3.8) is 0 Å². The van der Waals surface area contributed by atoms with Gasteiger partial charge in [0.15, 0.2) is 0 Å². The van der Waals surface area contributed by atoms with Crippen LogP contribution in [0.5, 0.6) is 0 Å². The van der Waals surface area contributed by atoms with Gasteiger partial charge in [0.1, 0.15) is 5.65 Å². The first-order valence-electron chi connectivity index (χ1n) is 13.2. The Labute approximate surface area is 233 Å². The number of rotatable bonds is 8. The average Bonchev–Trinajstić information content (AvgIpc) is 3.42. The number of hydrogen-bond donors (Lipinski definition) is 3. The van der Waals surface area contributed by atoms with Crippen molar-refractivity contribution >= 4 is 40.1 Å². The van der Waals surface area contributed by atoms with E-state index in [1.54, 1.807) is 12.1 Å². The fourth-order valence-corrected chi connectivity index (χ4v) is 5.28. The number of piperazine rings is 1. The summed E-state index contributed by atoms with van der Waals surface area (Å²) < 4.78 is 0. The number of nitrogens with one attached hydrogen (secondary N) is 2. The van der Waals surface area contributed by atoms with Crippen LogP contribution < -0.4 is 16.0 Å². The molecule has 0 unspecified atom stereocenters. The van der Waals surface area contributed by atoms with E-state index in [9.17, 15) is 9.59 Å². The van der Waals surface area contributed by atoms with Crippen LogP contribution in [0.1, 0.15) is 35.7 Å². The first-order chi connectivity index (χ1) is 18.8. The van der Waals surface area contributed by atoms with E-state index in [4.69, 9.17) is 17.3 Å². The molecule has 3 heterocycles. The molecule has 0 aliphatic carbocycles. The Morgan fingerprint density at radius 3 is 2.51 bits per heavy atom. The van der Waals surface area contributed by atoms with Gasteiger partial charge in [0.05, 0.1) is 11.6 Å². The molecule has 4 N–H and O–H groups in total. The summed E-state index contributed by atoms with van der Waals surface area (Å²) >= 11 is 6.11. The Bertz CT molecular complexity index is 1470. The lowest BCUT2D eigenvalue weighted by Gasteiger charge is -2.38. The van der Waals surface area contributed by atoms with E-state index in [1.807, 2.05) is 59.8 Å². The summed E-state index contributed by atoms with van der Waals surface area (Å²) in [6.45, 7) is 7.25. The van der Waals surface area contributed by atoms with Crippen molar-refractivity contribution in [2.45, 2.75) is 25.8 Å². The molecule has 0 bridgehead atoms. The minimum atomic E-state index is -0.469. The molecule has 9 heteroatoms. The van der Waals surface area contributed by atoms with Gasteiger partial charge in [-0.1, -0.05) is 49.7 Å². The molecule has 0 saturated carbocycles. The average molecular weight is 545 g/mol. The van der Waals surface area contributed by atoms with E-state index in [-0.39, 0.29) is 17.9 Å². The van der Waals surface area contributed by atoms with Gasteiger partial charge in [-0.25, -0.2) is 4.98 Å². The highest BCUT2D eigenvalue weighted by atomic mass is 35.5. The molecule has 8 nitrogen and oxygen atoms in total. The number of nitrogens with two attached hydrogens (primary N) is 1. The molecule has 39 heavy (non-hydrogen) atoms. The molecule has 2 aromatic heterocycles. The van der Waals surface area contributed by atoms with Crippen LogP contribution in [-0.2, 0) is 4.79 Å². The quantitative estimate of drug-likeness (QED) is 0.304. The standard InChI is InChI=1S/C30H33ClN6O2/c1-19(2)34-18-26(20-6-8-23(31)9-7-20)30(39)37-14-12-36(13-15-37)27-24-10-11-33-29(24)35-17-25(27)21-4-3-5-22(16-21)28(32)38/h3-11,16-17,19,26,34H,12-15,18H2,1-2H3,(H2,32,38)(H,33,35)/t26-/m1/s1. The van der Waals surface area contributed by atoms with E-state index >= 15 is 0 Å². The van der Waals surface area contributed by atoms with Gasteiger partial charge < -0.3 is 25.8 Å². The number of halogens is 1. The molecular weight excluding hydrogens is 512 g/mol. The molecule has 1 aliphatic rings. The molecule has 2 amide bonds. The van der Waals surface area contributed by atoms with Crippen LogP contribution in [0.4, 0.5) is 5.69 Å². The van der Waals surface area contributed by atoms with E-state index in [0.29, 0.717) is 43.3 Å². The van der Waals surface area contributed by atoms with Crippen molar-refractivity contribution in [2.75, 3.05) is 37.6 Å². The largest absolute Gasteiger partial charge is 0.367 e. The van der Waals surface area contributed by atoms with E-state index in [0.717, 1.165) is 33.4 Å². The van der Waals surface area contributed by atoms with Gasteiger partial charge in [0, 0.05) is 72.7 Å². The number of H-pyrrole nitrogens is 1. The lowest BCUT2D eigenvalue weighted by atomic mass is 9.96. The van der Waals surface area contributed by atoms with Gasteiger partial charge in [-0.2, -0.15) is 0 Å². The number of benzene rings is 2. The normalized spacial score (nSPS) is 14.7. The zero-order valence-electron chi connectivity index (χ0n) is 22.2. The van der Waals surface area contributed by atoms with Crippen molar-refractivity contribution in [1.29, 1.82) is 0 Å². The Morgan fingerprint density at radius 1 is 1.08 bits per heavy atom. The minimum absolute atomic E-state index is 0.112. The fourth-order valence-electron chi connectivity index (χ4n) is 5.15. The number of aromatic nitrogens is 2.